The van der Waals surface area contributed by atoms with Gasteiger partial charge in [0.05, 0.1) is 11.5 Å². The van der Waals surface area contributed by atoms with Crippen LogP contribution in [0.25, 0.3) is 0 Å². The Kier molecular flexibility index (Phi) is 4.03. The zero-order chi connectivity index (χ0) is 17.6. The van der Waals surface area contributed by atoms with Gasteiger partial charge in [-0.05, 0) is 24.6 Å². The highest BCUT2D eigenvalue weighted by Gasteiger charge is 2.38. The molecule has 1 unspecified atom stereocenters. The van der Waals surface area contributed by atoms with Crippen LogP contribution in [0.4, 0.5) is 0 Å². The van der Waals surface area contributed by atoms with E-state index in [1.165, 1.54) is 12.1 Å². The molecule has 124 valence electrons. The van der Waals surface area contributed by atoms with Gasteiger partial charge in [0.1, 0.15) is 17.1 Å². The Morgan fingerprint density at radius 1 is 1.29 bits per heavy atom. The van der Waals surface area contributed by atoms with Crippen LogP contribution in [0.15, 0.2) is 44.9 Å². The molecular weight excluding hydrogens is 357 g/mol. The van der Waals surface area contributed by atoms with Gasteiger partial charge in [-0.3, -0.25) is 0 Å². The van der Waals surface area contributed by atoms with E-state index in [1.807, 2.05) is 0 Å². The molecule has 0 aliphatic carbocycles. The minimum Gasteiger partial charge on any atom is -0.478 e. The van der Waals surface area contributed by atoms with E-state index in [9.17, 15) is 14.7 Å². The molecule has 6 nitrogen and oxygen atoms in total. The number of ether oxygens (including phenoxy) is 1. The minimum absolute atomic E-state index is 0.0245. The summed E-state index contributed by atoms with van der Waals surface area (Å²) >= 11 is 12.1. The van der Waals surface area contributed by atoms with Gasteiger partial charge in [-0.25, -0.2) is 9.59 Å². The van der Waals surface area contributed by atoms with E-state index in [0.29, 0.717) is 16.3 Å². The van der Waals surface area contributed by atoms with Crippen molar-refractivity contribution in [2.45, 2.75) is 12.8 Å². The lowest BCUT2D eigenvalue weighted by atomic mass is 9.84. The van der Waals surface area contributed by atoms with Crippen LogP contribution in [-0.2, 0) is 4.79 Å². The molecular formula is C16H11Cl2NO5. The van der Waals surface area contributed by atoms with E-state index in [4.69, 9.17) is 38.1 Å². The number of hydrogen-bond donors (Lipinski definition) is 2. The summed E-state index contributed by atoms with van der Waals surface area (Å²) in [5.74, 6) is -2.22. The lowest BCUT2D eigenvalue weighted by molar-refractivity contribution is -0.133. The quantitative estimate of drug-likeness (QED) is 0.845. The number of carbonyl (C=O) groups is 1. The first kappa shape index (κ1) is 16.4. The molecule has 1 aliphatic rings. The first-order valence-electron chi connectivity index (χ1n) is 6.80. The molecule has 0 amide bonds. The van der Waals surface area contributed by atoms with Crippen molar-refractivity contribution in [2.75, 3.05) is 0 Å². The van der Waals surface area contributed by atoms with E-state index in [-0.39, 0.29) is 27.8 Å². The van der Waals surface area contributed by atoms with Crippen molar-refractivity contribution in [1.82, 2.24) is 0 Å². The third kappa shape index (κ3) is 2.64. The second-order valence-electron chi connectivity index (χ2n) is 5.21. The summed E-state index contributed by atoms with van der Waals surface area (Å²) < 4.78 is 10.4. The number of carboxylic acid groups (broad SMARTS) is 1. The Morgan fingerprint density at radius 2 is 2.00 bits per heavy atom. The van der Waals surface area contributed by atoms with Crippen LogP contribution in [0.3, 0.4) is 0 Å². The summed E-state index contributed by atoms with van der Waals surface area (Å²) in [5.41, 5.74) is 5.16. The third-order valence-corrected chi connectivity index (χ3v) is 4.20. The number of aliphatic carboxylic acids is 1. The van der Waals surface area contributed by atoms with E-state index < -0.39 is 17.5 Å². The third-order valence-electron chi connectivity index (χ3n) is 3.64. The van der Waals surface area contributed by atoms with Crippen LogP contribution >= 0.6 is 23.2 Å². The Labute approximate surface area is 146 Å². The first-order valence-corrected chi connectivity index (χ1v) is 7.55. The summed E-state index contributed by atoms with van der Waals surface area (Å²) in [4.78, 5) is 24.0. The van der Waals surface area contributed by atoms with Crippen molar-refractivity contribution < 1.29 is 19.1 Å². The molecule has 3 rings (SSSR count). The first-order chi connectivity index (χ1) is 11.3. The summed E-state index contributed by atoms with van der Waals surface area (Å²) in [6.07, 6.45) is 0. The summed E-state index contributed by atoms with van der Waals surface area (Å²) in [5, 5.41) is 10.1. The summed E-state index contributed by atoms with van der Waals surface area (Å²) in [6, 6.07) is 6.02. The molecule has 2 aromatic rings. The maximum absolute atomic E-state index is 12.3. The van der Waals surface area contributed by atoms with Gasteiger partial charge >= 0.3 is 11.6 Å². The lowest BCUT2D eigenvalue weighted by Gasteiger charge is -2.27. The van der Waals surface area contributed by atoms with Gasteiger partial charge in [0, 0.05) is 16.1 Å². The maximum Gasteiger partial charge on any atom is 0.343 e. The average molecular weight is 368 g/mol. The van der Waals surface area contributed by atoms with Crippen LogP contribution in [-0.4, -0.2) is 11.1 Å². The van der Waals surface area contributed by atoms with Crippen molar-refractivity contribution in [2.24, 2.45) is 5.73 Å². The van der Waals surface area contributed by atoms with Crippen molar-refractivity contribution in [3.05, 3.63) is 73.1 Å². The average Bonchev–Trinajstić information content (AvgIpc) is 2.44. The Hall–Kier alpha value is -2.44. The number of fused-ring (bicyclic) bond motifs is 1. The van der Waals surface area contributed by atoms with E-state index in [1.54, 1.807) is 19.1 Å². The Morgan fingerprint density at radius 3 is 2.62 bits per heavy atom. The number of benzene rings is 1. The second-order valence-corrected chi connectivity index (χ2v) is 6.05. The highest BCUT2D eigenvalue weighted by Crippen LogP contribution is 2.43. The molecule has 24 heavy (non-hydrogen) atoms. The van der Waals surface area contributed by atoms with Crippen LogP contribution in [0.1, 0.15) is 22.8 Å². The largest absolute Gasteiger partial charge is 0.478 e. The molecule has 2 heterocycles. The molecule has 1 aromatic carbocycles. The number of halogens is 2. The molecule has 1 aliphatic heterocycles. The highest BCUT2D eigenvalue weighted by molar-refractivity contribution is 6.35. The van der Waals surface area contributed by atoms with Crippen molar-refractivity contribution >= 4 is 29.2 Å². The predicted molar refractivity (Wildman–Crippen MR) is 87.5 cm³/mol. The van der Waals surface area contributed by atoms with E-state index >= 15 is 0 Å². The number of aryl methyl sites for hydroxylation is 1. The van der Waals surface area contributed by atoms with E-state index in [2.05, 4.69) is 0 Å². The zero-order valence-electron chi connectivity index (χ0n) is 12.3. The zero-order valence-corrected chi connectivity index (χ0v) is 13.8. The Balaban J connectivity index is 2.36. The molecule has 0 saturated carbocycles. The fraction of sp³-hybridized carbons (Fsp3) is 0.125. The van der Waals surface area contributed by atoms with Crippen LogP contribution < -0.4 is 16.1 Å². The molecule has 0 bridgehead atoms. The molecule has 0 saturated heterocycles. The number of rotatable bonds is 2. The summed E-state index contributed by atoms with van der Waals surface area (Å²) in [7, 11) is 0. The molecule has 8 heteroatoms. The van der Waals surface area contributed by atoms with Crippen LogP contribution in [0.2, 0.25) is 10.0 Å². The fourth-order valence-corrected chi connectivity index (χ4v) is 3.19. The van der Waals surface area contributed by atoms with Crippen molar-refractivity contribution in [1.29, 1.82) is 0 Å². The smallest absolute Gasteiger partial charge is 0.343 e. The van der Waals surface area contributed by atoms with Gasteiger partial charge < -0.3 is 20.0 Å². The lowest BCUT2D eigenvalue weighted by Crippen LogP contribution is -2.30. The van der Waals surface area contributed by atoms with Crippen molar-refractivity contribution in [3.63, 3.8) is 0 Å². The summed E-state index contributed by atoms with van der Waals surface area (Å²) in [6.45, 7) is 1.57. The minimum atomic E-state index is -1.32. The SMILES string of the molecule is Cc1cc2c(c(=O)o1)C(c1ccc(Cl)cc1Cl)C(C(=O)O)=C(N)O2. The topological polar surface area (TPSA) is 103 Å². The monoisotopic (exact) mass is 367 g/mol. The van der Waals surface area contributed by atoms with Gasteiger partial charge in [0.25, 0.3) is 0 Å². The molecule has 1 atom stereocenters. The van der Waals surface area contributed by atoms with Gasteiger partial charge in [-0.15, -0.1) is 0 Å². The highest BCUT2D eigenvalue weighted by atomic mass is 35.5. The molecule has 0 fully saturated rings. The van der Waals surface area contributed by atoms with Crippen LogP contribution in [0, 0.1) is 6.92 Å². The number of carboxylic acids is 1. The molecule has 3 N–H and O–H groups in total. The van der Waals surface area contributed by atoms with Gasteiger partial charge in [-0.2, -0.15) is 0 Å². The molecule has 1 aromatic heterocycles. The van der Waals surface area contributed by atoms with Gasteiger partial charge in [0.2, 0.25) is 5.88 Å². The fourth-order valence-electron chi connectivity index (χ4n) is 2.67. The number of hydrogen-bond acceptors (Lipinski definition) is 5. The number of nitrogens with two attached hydrogens (primary N) is 1. The van der Waals surface area contributed by atoms with Gasteiger partial charge in [-0.1, -0.05) is 29.3 Å². The normalized spacial score (nSPS) is 16.5. The molecule has 0 radical (unpaired) electrons. The predicted octanol–water partition coefficient (Wildman–Crippen LogP) is 3.03. The van der Waals surface area contributed by atoms with Crippen molar-refractivity contribution in [3.8, 4) is 5.75 Å². The maximum atomic E-state index is 12.3. The Bertz CT molecular complexity index is 948. The second kappa shape index (κ2) is 5.89. The molecule has 0 spiro atoms. The van der Waals surface area contributed by atoms with Gasteiger partial charge in [0.15, 0.2) is 0 Å². The van der Waals surface area contributed by atoms with Crippen LogP contribution in [0.5, 0.6) is 5.75 Å². The van der Waals surface area contributed by atoms with E-state index in [0.717, 1.165) is 0 Å². The standard InChI is InChI=1S/C16H11Cl2NO5/c1-6-4-10-12(16(22)23-6)11(13(15(20)21)14(19)24-10)8-3-2-7(17)5-9(8)18/h2-5,11H,19H2,1H3,(H,20,21).